The van der Waals surface area contributed by atoms with E-state index in [2.05, 4.69) is 0 Å². The van der Waals surface area contributed by atoms with E-state index in [0.29, 0.717) is 0 Å². The number of carbonyl (C=O) groups excluding carboxylic acids is 1. The molecule has 0 bridgehead atoms. The van der Waals surface area contributed by atoms with Gasteiger partial charge in [0.2, 0.25) is 0 Å². The van der Waals surface area contributed by atoms with Crippen LogP contribution in [0.2, 0.25) is 0 Å². The maximum Gasteiger partial charge on any atom is 0.320 e. The van der Waals surface area contributed by atoms with Gasteiger partial charge in [0, 0.05) is 29.8 Å². The van der Waals surface area contributed by atoms with Gasteiger partial charge in [0.05, 0.1) is 4.92 Å². The zero-order valence-electron chi connectivity index (χ0n) is 9.91. The molecule has 0 radical (unpaired) electrons. The van der Waals surface area contributed by atoms with E-state index >= 15 is 0 Å². The van der Waals surface area contributed by atoms with Crippen molar-refractivity contribution < 1.29 is 19.6 Å². The summed E-state index contributed by atoms with van der Waals surface area (Å²) >= 11 is 0. The Bertz CT molecular complexity index is 529. The molecule has 19 heavy (non-hydrogen) atoms. The third kappa shape index (κ3) is 3.75. The highest BCUT2D eigenvalue weighted by Crippen LogP contribution is 2.21. The van der Waals surface area contributed by atoms with Crippen LogP contribution in [0.15, 0.2) is 18.2 Å². The van der Waals surface area contributed by atoms with Crippen LogP contribution in [0.1, 0.15) is 23.2 Å². The van der Waals surface area contributed by atoms with E-state index in [1.165, 1.54) is 12.1 Å². The lowest BCUT2D eigenvalue weighted by Crippen LogP contribution is -2.30. The molecule has 0 spiro atoms. The molecule has 0 heterocycles. The third-order valence-electron chi connectivity index (χ3n) is 2.55. The second-order valence-electron chi connectivity index (χ2n) is 3.94. The number of carboxylic acids is 1. The van der Waals surface area contributed by atoms with Gasteiger partial charge in [-0.05, 0) is 12.5 Å². The Morgan fingerprint density at radius 3 is 2.58 bits per heavy atom. The molecule has 8 heteroatoms. The second-order valence-corrected chi connectivity index (χ2v) is 3.94. The highest BCUT2D eigenvalue weighted by atomic mass is 16.6. The summed E-state index contributed by atoms with van der Waals surface area (Å²) < 4.78 is 0. The van der Waals surface area contributed by atoms with Crippen molar-refractivity contribution in [1.29, 1.82) is 0 Å². The molecule has 1 rings (SSSR count). The Hall–Kier alpha value is -2.48. The van der Waals surface area contributed by atoms with Crippen molar-refractivity contribution in [3.05, 3.63) is 33.9 Å². The van der Waals surface area contributed by atoms with Crippen molar-refractivity contribution in [2.24, 2.45) is 5.73 Å². The van der Waals surface area contributed by atoms with Gasteiger partial charge in [-0.25, -0.2) is 0 Å². The number of nitrogens with zero attached hydrogens (tertiary/aromatic N) is 1. The fourth-order valence-electron chi connectivity index (χ4n) is 1.44. The number of ketones is 1. The van der Waals surface area contributed by atoms with E-state index in [1.54, 1.807) is 0 Å². The van der Waals surface area contributed by atoms with Crippen LogP contribution in [0.5, 0.6) is 0 Å². The van der Waals surface area contributed by atoms with Crippen LogP contribution >= 0.6 is 0 Å². The Labute approximate surface area is 108 Å². The van der Waals surface area contributed by atoms with Gasteiger partial charge >= 0.3 is 5.97 Å². The van der Waals surface area contributed by atoms with Crippen molar-refractivity contribution in [3.63, 3.8) is 0 Å². The number of non-ortho nitro benzene ring substituents is 1. The molecule has 0 aliphatic rings. The molecule has 1 atom stereocenters. The minimum absolute atomic E-state index is 0.00629. The smallest absolute Gasteiger partial charge is 0.320 e. The normalized spacial score (nSPS) is 11.8. The lowest BCUT2D eigenvalue weighted by molar-refractivity contribution is -0.384. The summed E-state index contributed by atoms with van der Waals surface area (Å²) in [6, 6.07) is 2.38. The van der Waals surface area contributed by atoms with Crippen molar-refractivity contribution in [3.8, 4) is 0 Å². The molecule has 8 nitrogen and oxygen atoms in total. The zero-order valence-corrected chi connectivity index (χ0v) is 9.91. The molecule has 5 N–H and O–H groups in total. The quantitative estimate of drug-likeness (QED) is 0.295. The lowest BCUT2D eigenvalue weighted by atomic mass is 10.0. The molecule has 0 aromatic heterocycles. The molecular weight excluding hydrogens is 254 g/mol. The van der Waals surface area contributed by atoms with E-state index in [-0.39, 0.29) is 29.8 Å². The predicted molar refractivity (Wildman–Crippen MR) is 66.7 cm³/mol. The number of carboxylic acid groups (broad SMARTS) is 1. The van der Waals surface area contributed by atoms with Crippen LogP contribution < -0.4 is 11.5 Å². The molecular formula is C11H13N3O5. The van der Waals surface area contributed by atoms with Gasteiger partial charge < -0.3 is 16.6 Å². The first-order valence-corrected chi connectivity index (χ1v) is 5.38. The number of nitrogen functional groups attached to an aromatic ring is 1. The van der Waals surface area contributed by atoms with E-state index in [4.69, 9.17) is 16.6 Å². The number of benzene rings is 1. The van der Waals surface area contributed by atoms with Crippen molar-refractivity contribution in [1.82, 2.24) is 0 Å². The Morgan fingerprint density at radius 2 is 2.05 bits per heavy atom. The highest BCUT2D eigenvalue weighted by Gasteiger charge is 2.18. The van der Waals surface area contributed by atoms with Gasteiger partial charge in [-0.15, -0.1) is 0 Å². The van der Waals surface area contributed by atoms with Crippen molar-refractivity contribution in [2.75, 3.05) is 5.73 Å². The number of nitro groups is 1. The maximum absolute atomic E-state index is 11.8. The lowest BCUT2D eigenvalue weighted by Gasteiger charge is -2.07. The van der Waals surface area contributed by atoms with Gasteiger partial charge in [-0.2, -0.15) is 0 Å². The van der Waals surface area contributed by atoms with Crippen LogP contribution in [-0.2, 0) is 4.79 Å². The monoisotopic (exact) mass is 267 g/mol. The molecule has 0 unspecified atom stereocenters. The van der Waals surface area contributed by atoms with Crippen LogP contribution in [0.25, 0.3) is 0 Å². The molecule has 1 aromatic rings. The van der Waals surface area contributed by atoms with Crippen molar-refractivity contribution in [2.45, 2.75) is 18.9 Å². The minimum Gasteiger partial charge on any atom is -0.480 e. The first-order valence-electron chi connectivity index (χ1n) is 5.38. The van der Waals surface area contributed by atoms with Crippen molar-refractivity contribution >= 4 is 23.1 Å². The fraction of sp³-hybridized carbons (Fsp3) is 0.273. The number of hydrogen-bond acceptors (Lipinski definition) is 6. The number of Topliss-reactive ketones (excluding diaryl/α,β-unsaturated/α-hetero) is 1. The predicted octanol–water partition coefficient (Wildman–Crippen LogP) is 0.552. The largest absolute Gasteiger partial charge is 0.480 e. The molecule has 0 saturated carbocycles. The number of aliphatic carboxylic acids is 1. The number of nitrogens with two attached hydrogens (primary N) is 2. The Morgan fingerprint density at radius 1 is 1.42 bits per heavy atom. The number of carbonyl (C=O) groups is 2. The first-order chi connectivity index (χ1) is 8.82. The summed E-state index contributed by atoms with van der Waals surface area (Å²) in [5.41, 5.74) is 10.7. The molecule has 0 amide bonds. The molecule has 0 aliphatic heterocycles. The highest BCUT2D eigenvalue weighted by molar-refractivity contribution is 6.01. The van der Waals surface area contributed by atoms with Gasteiger partial charge in [-0.1, -0.05) is 0 Å². The van der Waals surface area contributed by atoms with E-state index in [9.17, 15) is 19.7 Å². The first kappa shape index (κ1) is 14.6. The summed E-state index contributed by atoms with van der Waals surface area (Å²) in [5.74, 6) is -1.68. The topological polar surface area (TPSA) is 150 Å². The third-order valence-corrected chi connectivity index (χ3v) is 2.55. The van der Waals surface area contributed by atoms with Gasteiger partial charge in [0.15, 0.2) is 5.78 Å². The summed E-state index contributed by atoms with van der Waals surface area (Å²) in [6.07, 6.45) is -0.199. The Balaban J connectivity index is 2.84. The number of rotatable bonds is 6. The van der Waals surface area contributed by atoms with Gasteiger partial charge in [-0.3, -0.25) is 19.7 Å². The average Bonchev–Trinajstić information content (AvgIpc) is 2.35. The number of hydrogen-bond donors (Lipinski definition) is 3. The summed E-state index contributed by atoms with van der Waals surface area (Å²) in [6.45, 7) is 0. The molecule has 0 aliphatic carbocycles. The van der Waals surface area contributed by atoms with Gasteiger partial charge in [0.1, 0.15) is 6.04 Å². The average molecular weight is 267 g/mol. The number of anilines is 1. The summed E-state index contributed by atoms with van der Waals surface area (Å²) in [5, 5.41) is 19.2. The summed E-state index contributed by atoms with van der Waals surface area (Å²) in [4.78, 5) is 32.3. The van der Waals surface area contributed by atoms with Gasteiger partial charge in [0.25, 0.3) is 5.69 Å². The van der Waals surface area contributed by atoms with E-state index < -0.39 is 22.7 Å². The Kier molecular flexibility index (Phi) is 4.54. The van der Waals surface area contributed by atoms with Crippen LogP contribution in [0, 0.1) is 10.1 Å². The maximum atomic E-state index is 11.8. The van der Waals surface area contributed by atoms with E-state index in [1.807, 2.05) is 0 Å². The van der Waals surface area contributed by atoms with Crippen LogP contribution in [-0.4, -0.2) is 27.8 Å². The minimum atomic E-state index is -1.21. The zero-order chi connectivity index (χ0) is 14.6. The second kappa shape index (κ2) is 5.91. The SMILES string of the molecule is Nc1ccc([N+](=O)[O-])cc1C(=O)CC[C@@H](N)C(=O)O. The summed E-state index contributed by atoms with van der Waals surface area (Å²) in [7, 11) is 0. The number of nitro benzene ring substituents is 1. The fourth-order valence-corrected chi connectivity index (χ4v) is 1.44. The standard InChI is InChI=1S/C11H13N3O5/c12-8-2-1-6(14(18)19)5-7(8)10(15)4-3-9(13)11(16)17/h1-2,5,9H,3-4,12-13H2,(H,16,17)/t9-/m1/s1. The molecule has 0 fully saturated rings. The molecule has 0 saturated heterocycles. The van der Waals surface area contributed by atoms with Crippen LogP contribution in [0.4, 0.5) is 11.4 Å². The molecule has 1 aromatic carbocycles. The van der Waals surface area contributed by atoms with Crippen LogP contribution in [0.3, 0.4) is 0 Å². The van der Waals surface area contributed by atoms with E-state index in [0.717, 1.165) is 6.07 Å². The molecule has 102 valence electrons.